The average molecular weight is 414 g/mol. The van der Waals surface area contributed by atoms with E-state index < -0.39 is 0 Å². The van der Waals surface area contributed by atoms with Crippen LogP contribution in [0.2, 0.25) is 5.02 Å². The van der Waals surface area contributed by atoms with Gasteiger partial charge in [-0.15, -0.1) is 0 Å². The van der Waals surface area contributed by atoms with Gasteiger partial charge in [0.2, 0.25) is 5.91 Å². The Morgan fingerprint density at radius 2 is 1.90 bits per heavy atom. The molecule has 1 heterocycles. The lowest BCUT2D eigenvalue weighted by Gasteiger charge is -2.37. The van der Waals surface area contributed by atoms with Crippen molar-refractivity contribution in [1.29, 1.82) is 0 Å². The molecule has 1 amide bonds. The summed E-state index contributed by atoms with van der Waals surface area (Å²) in [5.74, 6) is 0.568. The number of hydrogen-bond acceptors (Lipinski definition) is 4. The third-order valence-electron chi connectivity index (χ3n) is 5.23. The molecule has 154 valence electrons. The first-order valence-corrected chi connectivity index (χ1v) is 10.3. The summed E-state index contributed by atoms with van der Waals surface area (Å²) in [4.78, 5) is 17.3. The van der Waals surface area contributed by atoms with Gasteiger partial charge in [0, 0.05) is 38.4 Å². The van der Waals surface area contributed by atoms with Crippen LogP contribution in [0.15, 0.2) is 54.6 Å². The highest BCUT2D eigenvalue weighted by Gasteiger charge is 2.25. The minimum Gasteiger partial charge on any atom is -0.495 e. The molecular formula is C23H28ClN3O2. The van der Waals surface area contributed by atoms with Crippen molar-refractivity contribution in [2.45, 2.75) is 13.0 Å². The first-order chi connectivity index (χ1) is 14.1. The van der Waals surface area contributed by atoms with Crippen LogP contribution >= 0.6 is 11.6 Å². The van der Waals surface area contributed by atoms with Crippen molar-refractivity contribution in [2.24, 2.45) is 0 Å². The van der Waals surface area contributed by atoms with Crippen molar-refractivity contribution in [3.63, 3.8) is 0 Å². The normalized spacial score (nSPS) is 16.7. The fourth-order valence-electron chi connectivity index (χ4n) is 3.39. The zero-order chi connectivity index (χ0) is 20.6. The largest absolute Gasteiger partial charge is 0.495 e. The van der Waals surface area contributed by atoms with Gasteiger partial charge < -0.3 is 10.1 Å². The lowest BCUT2D eigenvalue weighted by molar-refractivity contribution is -0.121. The predicted molar refractivity (Wildman–Crippen MR) is 120 cm³/mol. The molecule has 0 aliphatic carbocycles. The van der Waals surface area contributed by atoms with E-state index in [1.807, 2.05) is 25.1 Å². The Morgan fingerprint density at radius 1 is 1.17 bits per heavy atom. The molecule has 0 radical (unpaired) electrons. The maximum Gasteiger partial charge on any atom is 0.241 e. The van der Waals surface area contributed by atoms with E-state index in [2.05, 4.69) is 39.4 Å². The molecule has 1 atom stereocenters. The van der Waals surface area contributed by atoms with E-state index in [0.29, 0.717) is 16.5 Å². The lowest BCUT2D eigenvalue weighted by atomic mass is 10.2. The van der Waals surface area contributed by atoms with Gasteiger partial charge in [0.25, 0.3) is 0 Å². The van der Waals surface area contributed by atoms with E-state index in [4.69, 9.17) is 16.3 Å². The highest BCUT2D eigenvalue weighted by Crippen LogP contribution is 2.27. The quantitative estimate of drug-likeness (QED) is 0.745. The zero-order valence-corrected chi connectivity index (χ0v) is 17.7. The molecule has 1 aliphatic rings. The van der Waals surface area contributed by atoms with Crippen LogP contribution in [0.3, 0.4) is 0 Å². The van der Waals surface area contributed by atoms with Crippen LogP contribution in [0.4, 0.5) is 5.69 Å². The van der Waals surface area contributed by atoms with Gasteiger partial charge in [0.1, 0.15) is 5.75 Å². The van der Waals surface area contributed by atoms with Crippen LogP contribution < -0.4 is 10.1 Å². The highest BCUT2D eigenvalue weighted by molar-refractivity contribution is 6.32. The molecule has 1 aliphatic heterocycles. The van der Waals surface area contributed by atoms with Gasteiger partial charge in [-0.3, -0.25) is 14.6 Å². The Morgan fingerprint density at radius 3 is 2.55 bits per heavy atom. The smallest absolute Gasteiger partial charge is 0.241 e. The summed E-state index contributed by atoms with van der Waals surface area (Å²) in [5.41, 5.74) is 1.90. The average Bonchev–Trinajstić information content (AvgIpc) is 2.74. The Hall–Kier alpha value is -2.34. The van der Waals surface area contributed by atoms with Gasteiger partial charge in [-0.05, 0) is 30.7 Å². The number of amides is 1. The summed E-state index contributed by atoms with van der Waals surface area (Å²) < 4.78 is 5.15. The molecule has 5 nitrogen and oxygen atoms in total. The third kappa shape index (κ3) is 6.07. The minimum absolute atomic E-state index is 0.0244. The Bertz CT molecular complexity index is 833. The highest BCUT2D eigenvalue weighted by atomic mass is 35.5. The second kappa shape index (κ2) is 10.4. The van der Waals surface area contributed by atoms with Gasteiger partial charge in [0.05, 0.1) is 18.2 Å². The molecule has 1 fully saturated rings. The molecule has 1 saturated heterocycles. The van der Waals surface area contributed by atoms with E-state index in [9.17, 15) is 4.79 Å². The summed E-state index contributed by atoms with van der Waals surface area (Å²) in [5, 5.41) is 3.43. The van der Waals surface area contributed by atoms with Gasteiger partial charge in [0.15, 0.2) is 0 Å². The Kier molecular flexibility index (Phi) is 7.69. The number of ether oxygens (including phenoxy) is 1. The second-order valence-corrected chi connectivity index (χ2v) is 7.57. The first kappa shape index (κ1) is 21.4. The van der Waals surface area contributed by atoms with Crippen molar-refractivity contribution in [1.82, 2.24) is 9.80 Å². The maximum absolute atomic E-state index is 12.6. The summed E-state index contributed by atoms with van der Waals surface area (Å²) in [6.45, 7) is 6.52. The standard InChI is InChI=1S/C23H28ClN3O2/c1-18(23(28)25-20-10-11-22(29-2)21(24)17-20)27-15-13-26(14-16-27)12-6-9-19-7-4-3-5-8-19/h3-11,17-18H,12-16H2,1-2H3,(H,25,28)/b9-6+/t18-/m0/s1. The Labute approximate surface area is 177 Å². The van der Waals surface area contributed by atoms with Gasteiger partial charge in [-0.25, -0.2) is 0 Å². The van der Waals surface area contributed by atoms with E-state index in [0.717, 1.165) is 32.7 Å². The number of methoxy groups -OCH3 is 1. The molecule has 0 aromatic heterocycles. The number of piperazine rings is 1. The van der Waals surface area contributed by atoms with Crippen molar-refractivity contribution in [3.05, 3.63) is 65.2 Å². The molecule has 0 saturated carbocycles. The summed E-state index contributed by atoms with van der Waals surface area (Å²) in [7, 11) is 1.57. The molecule has 29 heavy (non-hydrogen) atoms. The molecular weight excluding hydrogens is 386 g/mol. The van der Waals surface area contributed by atoms with E-state index in [1.165, 1.54) is 5.56 Å². The number of rotatable bonds is 7. The number of carbonyl (C=O) groups excluding carboxylic acids is 1. The van der Waals surface area contributed by atoms with Crippen molar-refractivity contribution in [3.8, 4) is 5.75 Å². The van der Waals surface area contributed by atoms with Crippen LogP contribution in [-0.2, 0) is 4.79 Å². The second-order valence-electron chi connectivity index (χ2n) is 7.16. The number of benzene rings is 2. The van der Waals surface area contributed by atoms with E-state index in [-0.39, 0.29) is 11.9 Å². The van der Waals surface area contributed by atoms with Gasteiger partial charge in [-0.1, -0.05) is 54.1 Å². The summed E-state index contributed by atoms with van der Waals surface area (Å²) >= 11 is 6.14. The van der Waals surface area contributed by atoms with Crippen molar-refractivity contribution < 1.29 is 9.53 Å². The fourth-order valence-corrected chi connectivity index (χ4v) is 3.65. The van der Waals surface area contributed by atoms with Crippen molar-refractivity contribution in [2.75, 3.05) is 45.2 Å². The first-order valence-electron chi connectivity index (χ1n) is 9.89. The van der Waals surface area contributed by atoms with Crippen LogP contribution in [0, 0.1) is 0 Å². The number of nitrogens with zero attached hydrogens (tertiary/aromatic N) is 2. The summed E-state index contributed by atoms with van der Waals surface area (Å²) in [6, 6.07) is 15.4. The number of nitrogens with one attached hydrogen (secondary N) is 1. The topological polar surface area (TPSA) is 44.8 Å². The molecule has 0 unspecified atom stereocenters. The van der Waals surface area contributed by atoms with E-state index >= 15 is 0 Å². The van der Waals surface area contributed by atoms with Crippen molar-refractivity contribution >= 4 is 29.3 Å². The molecule has 0 spiro atoms. The van der Waals surface area contributed by atoms with Crippen LogP contribution in [0.25, 0.3) is 6.08 Å². The van der Waals surface area contributed by atoms with Gasteiger partial charge in [-0.2, -0.15) is 0 Å². The number of carbonyl (C=O) groups is 1. The minimum atomic E-state index is -0.196. The number of halogens is 1. The fraction of sp³-hybridized carbons (Fsp3) is 0.348. The number of anilines is 1. The van der Waals surface area contributed by atoms with Gasteiger partial charge >= 0.3 is 0 Å². The maximum atomic E-state index is 12.6. The summed E-state index contributed by atoms with van der Waals surface area (Å²) in [6.07, 6.45) is 4.36. The Balaban J connectivity index is 1.45. The monoisotopic (exact) mass is 413 g/mol. The predicted octanol–water partition coefficient (Wildman–Crippen LogP) is 4.01. The lowest BCUT2D eigenvalue weighted by Crippen LogP contribution is -2.52. The number of hydrogen-bond donors (Lipinski definition) is 1. The molecule has 0 bridgehead atoms. The molecule has 6 heteroatoms. The van der Waals surface area contributed by atoms with Crippen LogP contribution in [-0.4, -0.2) is 61.6 Å². The molecule has 2 aromatic carbocycles. The molecule has 1 N–H and O–H groups in total. The third-order valence-corrected chi connectivity index (χ3v) is 5.52. The molecule has 2 aromatic rings. The van der Waals surface area contributed by atoms with E-state index in [1.54, 1.807) is 25.3 Å². The zero-order valence-electron chi connectivity index (χ0n) is 17.0. The van der Waals surface area contributed by atoms with Crippen LogP contribution in [0.5, 0.6) is 5.75 Å². The molecule has 3 rings (SSSR count). The van der Waals surface area contributed by atoms with Crippen LogP contribution in [0.1, 0.15) is 12.5 Å². The SMILES string of the molecule is COc1ccc(NC(=O)[C@H](C)N2CCN(C/C=C/c3ccccc3)CC2)cc1Cl.